The van der Waals surface area contributed by atoms with Gasteiger partial charge in [-0.2, -0.15) is 0 Å². The number of thiazole rings is 3. The molecule has 18 rings (SSSR count). The molecule has 9 aromatic heterocycles. The average Bonchev–Trinajstić information content (AvgIpc) is 1.52. The third-order valence-electron chi connectivity index (χ3n) is 23.0. The summed E-state index contributed by atoms with van der Waals surface area (Å²) in [4.78, 5) is 88.4. The molecule has 18 aromatic rings. The van der Waals surface area contributed by atoms with Crippen LogP contribution < -0.4 is 55.8 Å². The summed E-state index contributed by atoms with van der Waals surface area (Å²) in [6.07, 6.45) is 5.45. The van der Waals surface area contributed by atoms with Gasteiger partial charge in [0.1, 0.15) is 101 Å². The summed E-state index contributed by atoms with van der Waals surface area (Å²) in [5.41, 5.74) is 10.2. The van der Waals surface area contributed by atoms with E-state index in [2.05, 4.69) is 92.5 Å². The number of carbonyl (C=O) groups is 2. The molecule has 9 heterocycles. The van der Waals surface area contributed by atoms with Crippen molar-refractivity contribution in [2.75, 3.05) is 101 Å². The number of amides is 1. The number of benzene rings is 9. The Hall–Kier alpha value is -15.0. The average molecular weight is 1980 g/mol. The van der Waals surface area contributed by atoms with E-state index in [0.29, 0.717) is 102 Å². The molecule has 0 unspecified atom stereocenters. The number of hydrogen-bond acceptors (Lipinski definition) is 34. The summed E-state index contributed by atoms with van der Waals surface area (Å²) >= 11 is 4.34. The number of para-hydroxylation sites is 3. The van der Waals surface area contributed by atoms with Crippen molar-refractivity contribution in [2.24, 2.45) is 0 Å². The Morgan fingerprint density at radius 3 is 1.13 bits per heavy atom. The molecular formula is C104H102N16O19S3. The number of anilines is 3. The first kappa shape index (κ1) is 97.2. The Morgan fingerprint density at radius 1 is 0.394 bits per heavy atom. The van der Waals surface area contributed by atoms with Crippen molar-refractivity contribution < 1.29 is 74.9 Å². The van der Waals surface area contributed by atoms with Crippen LogP contribution >= 0.6 is 34.0 Å². The number of nitrogens with one attached hydrogen (secondary N) is 1. The molecule has 0 saturated heterocycles. The number of rotatable bonds is 49. The van der Waals surface area contributed by atoms with Gasteiger partial charge in [-0.15, -0.1) is 49.3 Å². The van der Waals surface area contributed by atoms with Crippen molar-refractivity contribution in [3.8, 4) is 54.7 Å². The number of aromatic nitrogens is 12. The first-order chi connectivity index (χ1) is 69.3. The van der Waals surface area contributed by atoms with Crippen LogP contribution in [0.2, 0.25) is 0 Å². The van der Waals surface area contributed by atoms with Crippen LogP contribution in [0, 0.1) is 0 Å². The number of hydrogen-bond donors (Lipinski definition) is 1. The van der Waals surface area contributed by atoms with Crippen LogP contribution in [0.4, 0.5) is 17.1 Å². The van der Waals surface area contributed by atoms with Crippen LogP contribution in [0.1, 0.15) is 90.5 Å². The van der Waals surface area contributed by atoms with Crippen molar-refractivity contribution in [3.63, 3.8) is 0 Å². The van der Waals surface area contributed by atoms with Crippen molar-refractivity contribution >= 4 is 127 Å². The molecule has 9 aromatic carbocycles. The van der Waals surface area contributed by atoms with Gasteiger partial charge in [0, 0.05) is 81.7 Å². The minimum Gasteiger partial charge on any atom is -0.497 e. The van der Waals surface area contributed by atoms with Crippen LogP contribution in [-0.2, 0) is 86.1 Å². The lowest BCUT2D eigenvalue weighted by molar-refractivity contribution is 0.00450. The first-order valence-corrected chi connectivity index (χ1v) is 48.7. The summed E-state index contributed by atoms with van der Waals surface area (Å²) in [5, 5.41) is 33.5. The highest BCUT2D eigenvalue weighted by molar-refractivity contribution is 7.22. The standard InChI is InChI=1S/C104H102N16O19S3/c1-65(2)118(78-29-26-71-46-82(102(123)137-88(71)51-78)98-106-85-14-8-11-17-93(85)140-98)58-75-55-115(112-109-75)62-130-37-34-127-40-43-133-91-49-74(97(121)105-54-68-20-24-70(25-21-68)101(122)136-61-69-22-32-81(126-7)33-23-69)50-92(134-44-41-128-35-38-131-63-116-56-76(110-113-116)59-119(66(3)4)79-30-27-72-47-83(103(124)138-89(72)52-79)99-107-86-15-9-12-18-94(86)141-99)96(91)135-45-42-129-36-39-132-64-117-57-77(111-114-117)60-120(67(5)6)80-31-28-73-48-84(104(125)139-90(73)53-80)100-108-87-16-10-13-19-95(87)142-100/h8-33,46-53,55-57,65-67H,34-45,54,58-64H2,1-7H3,(H,105,121). The second kappa shape index (κ2) is 45.9. The third-order valence-corrected chi connectivity index (χ3v) is 26.2. The maximum absolute atomic E-state index is 14.5. The number of methoxy groups -OCH3 is 1. The van der Waals surface area contributed by atoms with Gasteiger partial charge in [-0.25, -0.2) is 48.2 Å². The Labute approximate surface area is 825 Å². The molecule has 0 atom stereocenters. The molecule has 0 bridgehead atoms. The molecule has 0 aliphatic carbocycles. The predicted octanol–water partition coefficient (Wildman–Crippen LogP) is 17.4. The molecule has 35 nitrogen and oxygen atoms in total. The maximum atomic E-state index is 14.5. The summed E-state index contributed by atoms with van der Waals surface area (Å²) in [6, 6.07) is 63.4. The van der Waals surface area contributed by atoms with Gasteiger partial charge in [-0.1, -0.05) is 76.3 Å². The molecule has 0 aliphatic heterocycles. The molecule has 0 spiro atoms. The fourth-order valence-electron chi connectivity index (χ4n) is 15.7. The minimum atomic E-state index is -0.512. The molecule has 0 radical (unpaired) electrons. The van der Waals surface area contributed by atoms with Crippen LogP contribution in [0.3, 0.4) is 0 Å². The highest BCUT2D eigenvalue weighted by Crippen LogP contribution is 2.41. The quantitative estimate of drug-likeness (QED) is 0.0210. The lowest BCUT2D eigenvalue weighted by atomic mass is 10.1. The summed E-state index contributed by atoms with van der Waals surface area (Å²) in [7, 11) is 1.58. The number of esters is 1. The van der Waals surface area contributed by atoms with Crippen LogP contribution in [0.25, 0.3) is 95.3 Å². The Morgan fingerprint density at radius 2 is 0.754 bits per heavy atom. The Bertz CT molecular complexity index is 7260. The SMILES string of the molecule is COc1ccc(COC(=O)c2ccc(CNC(=O)c3cc(OCCOCCOCn4cc(CN(c5ccc6cc(-c7nc8ccccc8s7)c(=O)oc6c5)C(C)C)nn4)c(OCCOCCOCn4cc(CN(c5ccc6cc(-c7nc8ccccc8s7)c(=O)oc6c5)C(C)C)nn4)c(OCCOCCOCn4cc(CN(c5ccc6cc(-c7nc8ccccc8s7)c(=O)oc6c5)C(C)C)nn4)c3)cc2)cc1. The largest absolute Gasteiger partial charge is 0.497 e. The predicted molar refractivity (Wildman–Crippen MR) is 540 cm³/mol. The molecule has 730 valence electrons. The summed E-state index contributed by atoms with van der Waals surface area (Å²) in [5.74, 6) is 0.192. The van der Waals surface area contributed by atoms with Crippen LogP contribution in [-0.4, -0.2) is 176 Å². The molecule has 38 heteroatoms. The number of ether oxygens (including phenoxy) is 11. The van der Waals surface area contributed by atoms with Gasteiger partial charge in [-0.05, 0) is 180 Å². The van der Waals surface area contributed by atoms with E-state index in [1.54, 1.807) is 69.7 Å². The first-order valence-electron chi connectivity index (χ1n) is 46.3. The molecule has 1 N–H and O–H groups in total. The fraction of sp³-hybridized carbons (Fsp3) is 0.288. The zero-order valence-electron chi connectivity index (χ0n) is 78.9. The van der Waals surface area contributed by atoms with E-state index in [4.69, 9.17) is 80.3 Å². The van der Waals surface area contributed by atoms with Crippen molar-refractivity contribution in [3.05, 3.63) is 295 Å². The Kier molecular flexibility index (Phi) is 31.5. The fourth-order valence-corrected chi connectivity index (χ4v) is 18.6. The van der Waals surface area contributed by atoms with E-state index in [9.17, 15) is 24.0 Å². The minimum absolute atomic E-state index is 0.00309. The zero-order chi connectivity index (χ0) is 98.0. The van der Waals surface area contributed by atoms with E-state index in [1.165, 1.54) is 34.0 Å². The van der Waals surface area contributed by atoms with Gasteiger partial charge in [-0.3, -0.25) is 4.79 Å². The topological polar surface area (TPSA) is 379 Å². The third kappa shape index (κ3) is 24.3. The highest BCUT2D eigenvalue weighted by Gasteiger charge is 2.26. The van der Waals surface area contributed by atoms with Gasteiger partial charge >= 0.3 is 22.8 Å². The second-order valence-corrected chi connectivity index (χ2v) is 37.1. The lowest BCUT2D eigenvalue weighted by Crippen LogP contribution is -2.30. The van der Waals surface area contributed by atoms with Gasteiger partial charge in [0.25, 0.3) is 5.91 Å². The molecule has 0 aliphatic rings. The van der Waals surface area contributed by atoms with Crippen molar-refractivity contribution in [1.82, 2.24) is 65.3 Å². The normalized spacial score (nSPS) is 11.7. The van der Waals surface area contributed by atoms with Crippen molar-refractivity contribution in [2.45, 2.75) is 113 Å². The van der Waals surface area contributed by atoms with Gasteiger partial charge in [0.2, 0.25) is 5.75 Å². The lowest BCUT2D eigenvalue weighted by Gasteiger charge is -2.28. The number of fused-ring (bicyclic) bond motifs is 6. The van der Waals surface area contributed by atoms with Gasteiger partial charge in [0.05, 0.1) is 158 Å². The highest BCUT2D eigenvalue weighted by atomic mass is 32.1. The smallest absolute Gasteiger partial charge is 0.346 e. The monoisotopic (exact) mass is 1970 g/mol. The van der Waals surface area contributed by atoms with Crippen LogP contribution in [0.15, 0.2) is 252 Å². The molecule has 1 amide bonds. The zero-order valence-corrected chi connectivity index (χ0v) is 81.4. The summed E-state index contributed by atoms with van der Waals surface area (Å²) in [6.45, 7) is 15.5. The van der Waals surface area contributed by atoms with Crippen LogP contribution in [0.5, 0.6) is 23.0 Å². The van der Waals surface area contributed by atoms with Gasteiger partial charge in [0.15, 0.2) is 11.5 Å². The van der Waals surface area contributed by atoms with Crippen molar-refractivity contribution in [1.29, 1.82) is 0 Å². The second-order valence-electron chi connectivity index (χ2n) is 34.0. The molecule has 142 heavy (non-hydrogen) atoms. The summed E-state index contributed by atoms with van der Waals surface area (Å²) < 4.78 is 92.0. The Balaban J connectivity index is 0.504. The van der Waals surface area contributed by atoms with E-state index in [0.717, 1.165) is 69.4 Å². The number of carbonyl (C=O) groups excluding carboxylic acids is 2. The maximum Gasteiger partial charge on any atom is 0.346 e. The molecule has 0 fully saturated rings. The van der Waals surface area contributed by atoms with E-state index in [1.807, 2.05) is 176 Å². The molecular weight excluding hydrogens is 1870 g/mol. The van der Waals surface area contributed by atoms with E-state index in [-0.39, 0.29) is 154 Å². The van der Waals surface area contributed by atoms with E-state index < -0.39 is 28.8 Å². The number of nitrogens with zero attached hydrogens (tertiary/aromatic N) is 15. The van der Waals surface area contributed by atoms with Gasteiger partial charge < -0.3 is 85.4 Å². The van der Waals surface area contributed by atoms with E-state index >= 15 is 0 Å². The molecule has 0 saturated carbocycles.